The van der Waals surface area contributed by atoms with Crippen LogP contribution in [0.15, 0.2) is 41.8 Å². The van der Waals surface area contributed by atoms with Crippen molar-refractivity contribution in [3.63, 3.8) is 0 Å². The molecule has 3 aromatic rings. The second-order valence-electron chi connectivity index (χ2n) is 6.97. The summed E-state index contributed by atoms with van der Waals surface area (Å²) in [4.78, 5) is 13.5. The molecule has 3 heterocycles. The number of aromatic nitrogens is 2. The fourth-order valence-corrected chi connectivity index (χ4v) is 4.48. The van der Waals surface area contributed by atoms with Crippen LogP contribution in [0.5, 0.6) is 0 Å². The molecule has 5 nitrogen and oxygen atoms in total. The second-order valence-corrected chi connectivity index (χ2v) is 8.32. The number of nitrogens with zero attached hydrogens (tertiary/aromatic N) is 2. The third kappa shape index (κ3) is 3.91. The van der Waals surface area contributed by atoms with Crippen LogP contribution in [0.3, 0.4) is 0 Å². The lowest BCUT2D eigenvalue weighted by molar-refractivity contribution is -0.173. The topological polar surface area (TPSA) is 59.0 Å². The molecule has 10 heteroatoms. The first kappa shape index (κ1) is 20.7. The predicted molar refractivity (Wildman–Crippen MR) is 111 cm³/mol. The smallest absolute Gasteiger partial charge is 0.361 e. The zero-order chi connectivity index (χ0) is 21.5. The monoisotopic (exact) mass is 454 g/mol. The van der Waals surface area contributed by atoms with Crippen LogP contribution in [-0.4, -0.2) is 21.9 Å². The van der Waals surface area contributed by atoms with Gasteiger partial charge < -0.3 is 10.6 Å². The van der Waals surface area contributed by atoms with E-state index in [1.807, 2.05) is 19.1 Å². The number of fused-ring (bicyclic) bond motifs is 1. The maximum atomic E-state index is 13.8. The van der Waals surface area contributed by atoms with Crippen LogP contribution >= 0.6 is 22.9 Å². The standard InChI is InChI=1S/C20H18ClF3N4OS/c1-2-11-5-7-12(8-6-11)25-19(29)17-16(21)18-26-13(14-4-3-9-30-14)10-15(20(22,23)24)28(18)27-17/h3-9,13,15,26H,2,10H2,1H3,(H,25,29). The summed E-state index contributed by atoms with van der Waals surface area (Å²) in [6.45, 7) is 2.01. The lowest BCUT2D eigenvalue weighted by atomic mass is 10.0. The van der Waals surface area contributed by atoms with Crippen LogP contribution in [0, 0.1) is 0 Å². The number of benzene rings is 1. The second kappa shape index (κ2) is 7.96. The third-order valence-corrected chi connectivity index (χ3v) is 6.36. The molecule has 0 radical (unpaired) electrons. The highest BCUT2D eigenvalue weighted by atomic mass is 35.5. The molecule has 1 amide bonds. The van der Waals surface area contributed by atoms with Crippen molar-refractivity contribution in [2.75, 3.05) is 10.6 Å². The molecule has 1 aliphatic rings. The largest absolute Gasteiger partial charge is 0.410 e. The van der Waals surface area contributed by atoms with E-state index < -0.39 is 24.2 Å². The maximum absolute atomic E-state index is 13.8. The van der Waals surface area contributed by atoms with E-state index in [1.165, 1.54) is 11.3 Å². The van der Waals surface area contributed by atoms with E-state index in [4.69, 9.17) is 11.6 Å². The van der Waals surface area contributed by atoms with Crippen molar-refractivity contribution in [3.05, 3.63) is 62.9 Å². The molecule has 1 aliphatic heterocycles. The minimum absolute atomic E-state index is 0.00452. The van der Waals surface area contributed by atoms with Gasteiger partial charge in [0.25, 0.3) is 5.91 Å². The molecule has 0 aliphatic carbocycles. The minimum atomic E-state index is -4.54. The van der Waals surface area contributed by atoms with E-state index in [2.05, 4.69) is 15.7 Å². The third-order valence-electron chi connectivity index (χ3n) is 5.02. The van der Waals surface area contributed by atoms with Crippen molar-refractivity contribution in [1.82, 2.24) is 9.78 Å². The van der Waals surface area contributed by atoms with Crippen molar-refractivity contribution in [2.45, 2.75) is 38.0 Å². The average molecular weight is 455 g/mol. The van der Waals surface area contributed by atoms with Crippen molar-refractivity contribution >= 4 is 40.4 Å². The van der Waals surface area contributed by atoms with Gasteiger partial charge in [0.2, 0.25) is 0 Å². The van der Waals surface area contributed by atoms with E-state index in [0.717, 1.165) is 21.5 Å². The van der Waals surface area contributed by atoms with Gasteiger partial charge >= 0.3 is 6.18 Å². The molecule has 30 heavy (non-hydrogen) atoms. The number of aryl methyl sites for hydroxylation is 1. The van der Waals surface area contributed by atoms with Gasteiger partial charge in [-0.1, -0.05) is 36.7 Å². The molecule has 2 aromatic heterocycles. The van der Waals surface area contributed by atoms with Crippen molar-refractivity contribution in [1.29, 1.82) is 0 Å². The molecule has 1 aromatic carbocycles. The van der Waals surface area contributed by atoms with Crippen molar-refractivity contribution in [2.24, 2.45) is 0 Å². The Morgan fingerprint density at radius 1 is 1.33 bits per heavy atom. The van der Waals surface area contributed by atoms with Gasteiger partial charge in [-0.05, 0) is 35.6 Å². The van der Waals surface area contributed by atoms with Gasteiger partial charge in [-0.15, -0.1) is 11.3 Å². The van der Waals surface area contributed by atoms with Gasteiger partial charge in [-0.3, -0.25) is 4.79 Å². The van der Waals surface area contributed by atoms with Crippen LogP contribution in [0.4, 0.5) is 24.7 Å². The lowest BCUT2D eigenvalue weighted by Gasteiger charge is -2.32. The number of carbonyl (C=O) groups is 1. The highest BCUT2D eigenvalue weighted by Crippen LogP contribution is 2.46. The minimum Gasteiger partial charge on any atom is -0.361 e. The van der Waals surface area contributed by atoms with Crippen LogP contribution in [0.25, 0.3) is 0 Å². The summed E-state index contributed by atoms with van der Waals surface area (Å²) in [5, 5.41) is 11.3. The molecule has 0 bridgehead atoms. The summed E-state index contributed by atoms with van der Waals surface area (Å²) in [7, 11) is 0. The first-order valence-electron chi connectivity index (χ1n) is 9.33. The van der Waals surface area contributed by atoms with Crippen LogP contribution in [-0.2, 0) is 6.42 Å². The normalized spacial score (nSPS) is 18.6. The number of alkyl halides is 3. The SMILES string of the molecule is CCc1ccc(NC(=O)c2nn3c(c2Cl)NC(c2cccs2)CC3C(F)(F)F)cc1. The first-order chi connectivity index (χ1) is 14.3. The predicted octanol–water partition coefficient (Wildman–Crippen LogP) is 6.07. The van der Waals surface area contributed by atoms with Gasteiger partial charge in [0.05, 0.1) is 6.04 Å². The Balaban J connectivity index is 1.66. The Bertz CT molecular complexity index is 1050. The van der Waals surface area contributed by atoms with E-state index in [9.17, 15) is 18.0 Å². The molecule has 0 spiro atoms. The summed E-state index contributed by atoms with van der Waals surface area (Å²) >= 11 is 7.68. The zero-order valence-corrected chi connectivity index (χ0v) is 17.4. The summed E-state index contributed by atoms with van der Waals surface area (Å²) in [6, 6.07) is 8.27. The molecule has 158 valence electrons. The molecular formula is C20H18ClF3N4OS. The summed E-state index contributed by atoms with van der Waals surface area (Å²) in [5.74, 6) is -0.670. The number of amides is 1. The highest BCUT2D eigenvalue weighted by Gasteiger charge is 2.48. The van der Waals surface area contributed by atoms with Gasteiger partial charge in [-0.2, -0.15) is 18.3 Å². The molecular weight excluding hydrogens is 437 g/mol. The van der Waals surface area contributed by atoms with Gasteiger partial charge in [0.1, 0.15) is 10.8 Å². The quantitative estimate of drug-likeness (QED) is 0.502. The highest BCUT2D eigenvalue weighted by molar-refractivity contribution is 7.10. The van der Waals surface area contributed by atoms with Gasteiger partial charge in [0.15, 0.2) is 11.7 Å². The number of rotatable bonds is 4. The maximum Gasteiger partial charge on any atom is 0.410 e. The number of halogens is 4. The summed E-state index contributed by atoms with van der Waals surface area (Å²) in [5.41, 5.74) is 1.36. The Hall–Kier alpha value is -2.52. The average Bonchev–Trinajstić information content (AvgIpc) is 3.36. The molecule has 0 saturated carbocycles. The van der Waals surface area contributed by atoms with E-state index in [0.29, 0.717) is 5.69 Å². The molecule has 2 N–H and O–H groups in total. The first-order valence-corrected chi connectivity index (χ1v) is 10.6. The van der Waals surface area contributed by atoms with Gasteiger partial charge in [0, 0.05) is 17.0 Å². The fraction of sp³-hybridized carbons (Fsp3) is 0.300. The Kier molecular flexibility index (Phi) is 5.50. The molecule has 2 atom stereocenters. The van der Waals surface area contributed by atoms with Crippen LogP contribution in [0.1, 0.15) is 46.4 Å². The molecule has 0 saturated heterocycles. The molecule has 4 rings (SSSR count). The summed E-state index contributed by atoms with van der Waals surface area (Å²) < 4.78 is 42.1. The Labute approximate surface area is 179 Å². The van der Waals surface area contributed by atoms with Crippen LogP contribution < -0.4 is 10.6 Å². The number of thiophene rings is 1. The van der Waals surface area contributed by atoms with Crippen molar-refractivity contribution < 1.29 is 18.0 Å². The number of hydrogen-bond donors (Lipinski definition) is 2. The summed E-state index contributed by atoms with van der Waals surface area (Å²) in [6.07, 6.45) is -3.93. The Morgan fingerprint density at radius 3 is 2.67 bits per heavy atom. The fourth-order valence-electron chi connectivity index (χ4n) is 3.42. The van der Waals surface area contributed by atoms with E-state index >= 15 is 0 Å². The van der Waals surface area contributed by atoms with Crippen LogP contribution in [0.2, 0.25) is 5.02 Å². The molecule has 2 unspecified atom stereocenters. The lowest BCUT2D eigenvalue weighted by Crippen LogP contribution is -2.35. The number of nitrogens with one attached hydrogen (secondary N) is 2. The van der Waals surface area contributed by atoms with E-state index in [-0.39, 0.29) is 23.0 Å². The Morgan fingerprint density at radius 2 is 2.07 bits per heavy atom. The van der Waals surface area contributed by atoms with E-state index in [1.54, 1.807) is 29.6 Å². The number of carbonyl (C=O) groups excluding carboxylic acids is 1. The zero-order valence-electron chi connectivity index (χ0n) is 15.8. The van der Waals surface area contributed by atoms with Gasteiger partial charge in [-0.25, -0.2) is 4.68 Å². The molecule has 0 fully saturated rings. The van der Waals surface area contributed by atoms with Crippen molar-refractivity contribution in [3.8, 4) is 0 Å². The number of anilines is 2. The number of hydrogen-bond acceptors (Lipinski definition) is 4.